The molecule has 4 nitrogen and oxygen atoms in total. The number of hydrogen-bond acceptors (Lipinski definition) is 5. The van der Waals surface area contributed by atoms with Crippen LogP contribution >= 0.6 is 11.3 Å². The maximum atomic E-state index is 5.61. The van der Waals surface area contributed by atoms with Crippen LogP contribution in [-0.2, 0) is 6.42 Å². The van der Waals surface area contributed by atoms with Crippen LogP contribution in [0, 0.1) is 0 Å². The van der Waals surface area contributed by atoms with Crippen LogP contribution in [-0.4, -0.2) is 11.5 Å². The zero-order valence-electron chi connectivity index (χ0n) is 8.81. The number of nitrogens with one attached hydrogen (secondary N) is 1. The van der Waals surface area contributed by atoms with Gasteiger partial charge < -0.3 is 16.8 Å². The van der Waals surface area contributed by atoms with Crippen molar-refractivity contribution in [3.63, 3.8) is 0 Å². The molecule has 0 aliphatic heterocycles. The van der Waals surface area contributed by atoms with E-state index in [4.69, 9.17) is 11.5 Å². The van der Waals surface area contributed by atoms with E-state index in [-0.39, 0.29) is 0 Å². The zero-order chi connectivity index (χ0) is 11.4. The first-order valence-corrected chi connectivity index (χ1v) is 5.97. The molecule has 2 rings (SSSR count). The summed E-state index contributed by atoms with van der Waals surface area (Å²) in [6.45, 7) is 0.840. The van der Waals surface area contributed by atoms with E-state index in [0.29, 0.717) is 11.5 Å². The van der Waals surface area contributed by atoms with Crippen molar-refractivity contribution in [1.82, 2.24) is 4.98 Å². The number of hydrogen-bond donors (Lipinski definition) is 3. The summed E-state index contributed by atoms with van der Waals surface area (Å²) in [5.74, 6) is 1.14. The van der Waals surface area contributed by atoms with Gasteiger partial charge in [0, 0.05) is 6.54 Å². The van der Waals surface area contributed by atoms with Gasteiger partial charge in [0.15, 0.2) is 0 Å². The fraction of sp³-hybridized carbons (Fsp3) is 0.182. The second-order valence-electron chi connectivity index (χ2n) is 3.48. The first kappa shape index (κ1) is 10.8. The van der Waals surface area contributed by atoms with E-state index < -0.39 is 0 Å². The minimum atomic E-state index is 0.375. The lowest BCUT2D eigenvalue weighted by atomic mass is 10.2. The van der Waals surface area contributed by atoms with Gasteiger partial charge in [-0.15, -0.1) is 0 Å². The SMILES string of the molecule is Nc1ccc(NCCc2ccsc2)nc1N. The average Bonchev–Trinajstić information content (AvgIpc) is 2.76. The van der Waals surface area contributed by atoms with E-state index >= 15 is 0 Å². The van der Waals surface area contributed by atoms with E-state index in [1.165, 1.54) is 5.56 Å². The van der Waals surface area contributed by atoms with Gasteiger partial charge in [0.25, 0.3) is 0 Å². The summed E-state index contributed by atoms with van der Waals surface area (Å²) < 4.78 is 0. The summed E-state index contributed by atoms with van der Waals surface area (Å²) in [7, 11) is 0. The molecule has 0 saturated heterocycles. The lowest BCUT2D eigenvalue weighted by Crippen LogP contribution is -2.07. The molecule has 2 aromatic heterocycles. The molecule has 0 spiro atoms. The minimum Gasteiger partial charge on any atom is -0.396 e. The molecule has 84 valence electrons. The molecule has 0 bridgehead atoms. The lowest BCUT2D eigenvalue weighted by Gasteiger charge is -2.06. The van der Waals surface area contributed by atoms with Crippen LogP contribution in [0.5, 0.6) is 0 Å². The summed E-state index contributed by atoms with van der Waals surface area (Å²) in [4.78, 5) is 4.14. The molecule has 0 amide bonds. The second-order valence-corrected chi connectivity index (χ2v) is 4.26. The first-order chi connectivity index (χ1) is 7.75. The Balaban J connectivity index is 1.87. The summed E-state index contributed by atoms with van der Waals surface area (Å²) in [5.41, 5.74) is 13.0. The van der Waals surface area contributed by atoms with E-state index in [9.17, 15) is 0 Å². The van der Waals surface area contributed by atoms with Crippen molar-refractivity contribution < 1.29 is 0 Å². The van der Waals surface area contributed by atoms with Gasteiger partial charge in [-0.1, -0.05) is 0 Å². The molecule has 0 saturated carbocycles. The van der Waals surface area contributed by atoms with Gasteiger partial charge in [0.05, 0.1) is 5.69 Å². The molecule has 16 heavy (non-hydrogen) atoms. The topological polar surface area (TPSA) is 77.0 Å². The Bertz CT molecular complexity index is 453. The molecule has 0 atom stereocenters. The van der Waals surface area contributed by atoms with Crippen LogP contribution in [0.15, 0.2) is 29.0 Å². The van der Waals surface area contributed by atoms with Crippen molar-refractivity contribution in [2.45, 2.75) is 6.42 Å². The number of nitrogens with two attached hydrogens (primary N) is 2. The van der Waals surface area contributed by atoms with E-state index in [2.05, 4.69) is 27.1 Å². The van der Waals surface area contributed by atoms with Crippen LogP contribution in [0.2, 0.25) is 0 Å². The highest BCUT2D eigenvalue weighted by Gasteiger charge is 1.99. The largest absolute Gasteiger partial charge is 0.396 e. The Morgan fingerprint density at radius 2 is 2.12 bits per heavy atom. The summed E-state index contributed by atoms with van der Waals surface area (Å²) in [6, 6.07) is 5.71. The number of pyridine rings is 1. The Hall–Kier alpha value is -1.75. The Morgan fingerprint density at radius 3 is 2.81 bits per heavy atom. The fourth-order valence-electron chi connectivity index (χ4n) is 1.35. The van der Waals surface area contributed by atoms with Gasteiger partial charge in [-0.2, -0.15) is 11.3 Å². The summed E-state index contributed by atoms with van der Waals surface area (Å²) in [5, 5.41) is 7.43. The molecule has 0 fully saturated rings. The highest BCUT2D eigenvalue weighted by molar-refractivity contribution is 7.07. The molecule has 5 N–H and O–H groups in total. The third-order valence-corrected chi connectivity index (χ3v) is 2.99. The highest BCUT2D eigenvalue weighted by atomic mass is 32.1. The van der Waals surface area contributed by atoms with Crippen molar-refractivity contribution in [3.05, 3.63) is 34.5 Å². The number of thiophene rings is 1. The Labute approximate surface area is 98.3 Å². The number of rotatable bonds is 4. The van der Waals surface area contributed by atoms with Crippen LogP contribution in [0.1, 0.15) is 5.56 Å². The molecule has 2 aromatic rings. The first-order valence-electron chi connectivity index (χ1n) is 5.02. The third-order valence-electron chi connectivity index (χ3n) is 2.26. The molecule has 0 unspecified atom stereocenters. The molecular weight excluding hydrogens is 220 g/mol. The molecular formula is C11H14N4S. The van der Waals surface area contributed by atoms with Crippen LogP contribution < -0.4 is 16.8 Å². The quantitative estimate of drug-likeness (QED) is 0.755. The van der Waals surface area contributed by atoms with Gasteiger partial charge in [0.1, 0.15) is 11.6 Å². The van der Waals surface area contributed by atoms with E-state index in [0.717, 1.165) is 18.8 Å². The normalized spacial score (nSPS) is 10.2. The molecule has 0 aliphatic carbocycles. The Kier molecular flexibility index (Phi) is 3.26. The molecule has 2 heterocycles. The van der Waals surface area contributed by atoms with Crippen molar-refractivity contribution in [2.75, 3.05) is 23.3 Å². The second kappa shape index (κ2) is 4.85. The zero-order valence-corrected chi connectivity index (χ0v) is 9.63. The highest BCUT2D eigenvalue weighted by Crippen LogP contribution is 2.14. The van der Waals surface area contributed by atoms with Gasteiger partial charge in [-0.25, -0.2) is 4.98 Å². The predicted molar refractivity (Wildman–Crippen MR) is 69.6 cm³/mol. The predicted octanol–water partition coefficient (Wildman–Crippen LogP) is 1.96. The third kappa shape index (κ3) is 2.64. The molecule has 0 radical (unpaired) electrons. The average molecular weight is 234 g/mol. The van der Waals surface area contributed by atoms with Crippen LogP contribution in [0.25, 0.3) is 0 Å². The number of nitrogen functional groups attached to an aromatic ring is 2. The summed E-state index contributed by atoms with van der Waals surface area (Å²) in [6.07, 6.45) is 0.982. The number of nitrogens with zero attached hydrogens (tertiary/aromatic N) is 1. The van der Waals surface area contributed by atoms with Gasteiger partial charge >= 0.3 is 0 Å². The fourth-order valence-corrected chi connectivity index (χ4v) is 2.06. The maximum Gasteiger partial charge on any atom is 0.149 e. The van der Waals surface area contributed by atoms with Crippen molar-refractivity contribution in [2.24, 2.45) is 0 Å². The van der Waals surface area contributed by atoms with Gasteiger partial charge in [0.2, 0.25) is 0 Å². The minimum absolute atomic E-state index is 0.375. The van der Waals surface area contributed by atoms with Crippen LogP contribution in [0.4, 0.5) is 17.3 Å². The van der Waals surface area contributed by atoms with E-state index in [1.54, 1.807) is 17.4 Å². The van der Waals surface area contributed by atoms with Crippen molar-refractivity contribution >= 4 is 28.7 Å². The van der Waals surface area contributed by atoms with Gasteiger partial charge in [-0.3, -0.25) is 0 Å². The lowest BCUT2D eigenvalue weighted by molar-refractivity contribution is 1.01. The maximum absolute atomic E-state index is 5.61. The molecule has 5 heteroatoms. The monoisotopic (exact) mass is 234 g/mol. The van der Waals surface area contributed by atoms with Crippen LogP contribution in [0.3, 0.4) is 0 Å². The van der Waals surface area contributed by atoms with Crippen molar-refractivity contribution in [3.8, 4) is 0 Å². The van der Waals surface area contributed by atoms with E-state index in [1.807, 2.05) is 6.07 Å². The molecule has 0 aliphatic rings. The smallest absolute Gasteiger partial charge is 0.149 e. The standard InChI is InChI=1S/C11H14N4S/c12-9-1-2-10(15-11(9)13)14-5-3-8-4-6-16-7-8/h1-2,4,6-7H,3,5,12H2,(H3,13,14,15). The van der Waals surface area contributed by atoms with Crippen molar-refractivity contribution in [1.29, 1.82) is 0 Å². The molecule has 0 aromatic carbocycles. The van der Waals surface area contributed by atoms with Gasteiger partial charge in [-0.05, 0) is 40.9 Å². The number of anilines is 3. The Morgan fingerprint density at radius 1 is 1.25 bits per heavy atom. The number of aromatic nitrogens is 1. The summed E-state index contributed by atoms with van der Waals surface area (Å²) >= 11 is 1.71.